The van der Waals surface area contributed by atoms with Gasteiger partial charge in [0.25, 0.3) is 0 Å². The summed E-state index contributed by atoms with van der Waals surface area (Å²) in [5.41, 5.74) is 17.7. The fraction of sp³-hybridized carbons (Fsp3) is 0.103. The quantitative estimate of drug-likeness (QED) is 0.149. The minimum absolute atomic E-state index is 0.468. The Morgan fingerprint density at radius 2 is 0.455 bits per heavy atom. The number of nitrogens with zero attached hydrogens (tertiary/aromatic N) is 8. The first-order valence-corrected chi connectivity index (χ1v) is 22.2. The summed E-state index contributed by atoms with van der Waals surface area (Å²) in [6.07, 6.45) is 7.22. The zero-order valence-electron chi connectivity index (χ0n) is 37.1. The van der Waals surface area contributed by atoms with Crippen LogP contribution in [-0.4, -0.2) is 39.9 Å². The highest BCUT2D eigenvalue weighted by Gasteiger charge is 2.43. The van der Waals surface area contributed by atoms with Crippen molar-refractivity contribution >= 4 is 0 Å². The number of fused-ring (bicyclic) bond motifs is 2. The SMILES string of the molecule is CC1(C)c2cc(-c3cccc(-c4ccccn4)n3)c(-c3cccc(-c4ccccn4)n3)cc2C(C)(C)c2cc(-c3cccc(-c4ccccn4)n3)c(-c3cccc(-c4ccccn4)n3)cc21. The van der Waals surface area contributed by atoms with E-state index in [9.17, 15) is 0 Å². The van der Waals surface area contributed by atoms with E-state index < -0.39 is 10.8 Å². The fourth-order valence-electron chi connectivity index (χ4n) is 9.37. The lowest BCUT2D eigenvalue weighted by Crippen LogP contribution is -2.37. The summed E-state index contributed by atoms with van der Waals surface area (Å²) in [7, 11) is 0. The summed E-state index contributed by atoms with van der Waals surface area (Å²) in [5.74, 6) is 0. The fourth-order valence-corrected chi connectivity index (χ4v) is 9.37. The Labute approximate surface area is 384 Å². The van der Waals surface area contributed by atoms with Crippen molar-refractivity contribution in [3.05, 3.63) is 217 Å². The Morgan fingerprint density at radius 1 is 0.242 bits per heavy atom. The van der Waals surface area contributed by atoms with Crippen LogP contribution in [0.15, 0.2) is 195 Å². The largest absolute Gasteiger partial charge is 0.255 e. The number of pyridine rings is 8. The van der Waals surface area contributed by atoms with Gasteiger partial charge in [0.1, 0.15) is 0 Å². The molecule has 8 aromatic heterocycles. The molecule has 10 aromatic rings. The maximum Gasteiger partial charge on any atom is 0.0893 e. The van der Waals surface area contributed by atoms with Crippen LogP contribution in [0, 0.1) is 0 Å². The second kappa shape index (κ2) is 16.3. The molecule has 0 saturated carbocycles. The third-order valence-electron chi connectivity index (χ3n) is 12.8. The molecule has 1 aliphatic carbocycles. The topological polar surface area (TPSA) is 103 Å². The number of benzene rings is 2. The summed E-state index contributed by atoms with van der Waals surface area (Å²) in [4.78, 5) is 39.8. The van der Waals surface area contributed by atoms with Gasteiger partial charge in [0.2, 0.25) is 0 Å². The van der Waals surface area contributed by atoms with Crippen molar-refractivity contribution < 1.29 is 0 Å². The monoisotopic (exact) mass is 852 g/mol. The highest BCUT2D eigenvalue weighted by atomic mass is 14.8. The van der Waals surface area contributed by atoms with Gasteiger partial charge in [-0.3, -0.25) is 19.9 Å². The van der Waals surface area contributed by atoms with Crippen molar-refractivity contribution in [3.63, 3.8) is 0 Å². The smallest absolute Gasteiger partial charge is 0.0893 e. The van der Waals surface area contributed by atoms with Gasteiger partial charge in [0.05, 0.1) is 68.3 Å². The second-order valence-electron chi connectivity index (χ2n) is 17.6. The van der Waals surface area contributed by atoms with Gasteiger partial charge >= 0.3 is 0 Å². The Hall–Kier alpha value is -8.36. The molecule has 0 N–H and O–H groups in total. The van der Waals surface area contributed by atoms with Gasteiger partial charge in [-0.2, -0.15) is 0 Å². The number of hydrogen-bond donors (Lipinski definition) is 0. The van der Waals surface area contributed by atoms with Crippen LogP contribution >= 0.6 is 0 Å². The highest BCUT2D eigenvalue weighted by Crippen LogP contribution is 2.54. The Balaban J connectivity index is 1.15. The van der Waals surface area contributed by atoms with Crippen molar-refractivity contribution in [3.8, 4) is 90.6 Å². The minimum Gasteiger partial charge on any atom is -0.255 e. The van der Waals surface area contributed by atoms with Crippen LogP contribution in [0.25, 0.3) is 90.6 Å². The van der Waals surface area contributed by atoms with Crippen molar-refractivity contribution in [2.24, 2.45) is 0 Å². The second-order valence-corrected chi connectivity index (χ2v) is 17.6. The molecule has 66 heavy (non-hydrogen) atoms. The molecular formula is C58H44N8. The zero-order chi connectivity index (χ0) is 44.8. The molecular weight excluding hydrogens is 809 g/mol. The molecule has 1 aliphatic rings. The number of hydrogen-bond acceptors (Lipinski definition) is 8. The van der Waals surface area contributed by atoms with E-state index in [0.717, 1.165) is 90.6 Å². The third kappa shape index (κ3) is 7.22. The molecule has 0 bridgehead atoms. The van der Waals surface area contributed by atoms with Crippen LogP contribution in [0.3, 0.4) is 0 Å². The maximum atomic E-state index is 5.29. The molecule has 0 amide bonds. The Morgan fingerprint density at radius 3 is 0.667 bits per heavy atom. The lowest BCUT2D eigenvalue weighted by molar-refractivity contribution is 0.521. The molecule has 0 fully saturated rings. The van der Waals surface area contributed by atoms with E-state index in [-0.39, 0.29) is 0 Å². The molecule has 0 spiro atoms. The molecule has 0 saturated heterocycles. The van der Waals surface area contributed by atoms with Crippen molar-refractivity contribution in [2.75, 3.05) is 0 Å². The van der Waals surface area contributed by atoms with Gasteiger partial charge in [0.15, 0.2) is 0 Å². The average Bonchev–Trinajstić information content (AvgIpc) is 3.38. The van der Waals surface area contributed by atoms with E-state index in [4.69, 9.17) is 19.9 Å². The Bertz CT molecular complexity index is 2960. The van der Waals surface area contributed by atoms with Crippen LogP contribution in [0.5, 0.6) is 0 Å². The first-order chi connectivity index (χ1) is 32.2. The summed E-state index contributed by atoms with van der Waals surface area (Å²) in [6, 6.07) is 57.8. The number of rotatable bonds is 8. The summed E-state index contributed by atoms with van der Waals surface area (Å²) in [5, 5.41) is 0. The van der Waals surface area contributed by atoms with E-state index in [0.29, 0.717) is 0 Å². The van der Waals surface area contributed by atoms with Crippen LogP contribution < -0.4 is 0 Å². The maximum absolute atomic E-state index is 5.29. The van der Waals surface area contributed by atoms with Crippen LogP contribution in [0.2, 0.25) is 0 Å². The van der Waals surface area contributed by atoms with Gasteiger partial charge < -0.3 is 0 Å². The predicted molar refractivity (Wildman–Crippen MR) is 263 cm³/mol. The van der Waals surface area contributed by atoms with Crippen molar-refractivity contribution in [1.82, 2.24) is 39.9 Å². The van der Waals surface area contributed by atoms with Crippen molar-refractivity contribution in [2.45, 2.75) is 38.5 Å². The molecule has 0 radical (unpaired) electrons. The number of aromatic nitrogens is 8. The Kier molecular flexibility index (Phi) is 10.00. The average molecular weight is 853 g/mol. The van der Waals surface area contributed by atoms with Crippen LogP contribution in [0.1, 0.15) is 49.9 Å². The molecule has 8 heteroatoms. The molecule has 0 atom stereocenters. The minimum atomic E-state index is -0.468. The first-order valence-electron chi connectivity index (χ1n) is 22.2. The lowest BCUT2D eigenvalue weighted by Gasteiger charge is -2.45. The van der Waals surface area contributed by atoms with Crippen LogP contribution in [0.4, 0.5) is 0 Å². The first kappa shape index (κ1) is 40.4. The molecule has 2 aromatic carbocycles. The van der Waals surface area contributed by atoms with E-state index in [2.05, 4.69) is 120 Å². The standard InChI is InChI=1S/C58H44N8/c1-57(2)41-33-37(45-21-13-25-53(63-45)49-17-5-9-29-59-49)39(47-23-15-27-55(65-47)51-19-7-11-31-61-51)35-43(41)58(3,4)44-36-40(48-24-16-28-56(66-48)52-20-8-12-32-62-52)38(34-42(44)57)46-22-14-26-54(64-46)50-18-6-10-30-60-50/h5-36H,1-4H3. The summed E-state index contributed by atoms with van der Waals surface area (Å²) < 4.78 is 0. The van der Waals surface area contributed by atoms with E-state index in [1.807, 2.05) is 97.1 Å². The van der Waals surface area contributed by atoms with E-state index >= 15 is 0 Å². The van der Waals surface area contributed by atoms with Gasteiger partial charge in [-0.1, -0.05) is 76.2 Å². The van der Waals surface area contributed by atoms with E-state index in [1.54, 1.807) is 24.8 Å². The lowest BCUT2D eigenvalue weighted by atomic mass is 9.58. The molecule has 8 nitrogen and oxygen atoms in total. The normalized spacial score (nSPS) is 13.4. The van der Waals surface area contributed by atoms with Gasteiger partial charge in [-0.05, 0) is 144 Å². The summed E-state index contributed by atoms with van der Waals surface area (Å²) in [6.45, 7) is 9.34. The van der Waals surface area contributed by atoms with Crippen molar-refractivity contribution in [1.29, 1.82) is 0 Å². The van der Waals surface area contributed by atoms with E-state index in [1.165, 1.54) is 22.3 Å². The third-order valence-corrected chi connectivity index (χ3v) is 12.8. The van der Waals surface area contributed by atoms with Gasteiger partial charge in [0, 0.05) is 57.9 Å². The molecule has 11 rings (SSSR count). The zero-order valence-corrected chi connectivity index (χ0v) is 37.1. The predicted octanol–water partition coefficient (Wildman–Crippen LogP) is 13.1. The molecule has 0 aliphatic heterocycles. The molecule has 8 heterocycles. The highest BCUT2D eigenvalue weighted by molar-refractivity contribution is 5.88. The van der Waals surface area contributed by atoms with Gasteiger partial charge in [-0.15, -0.1) is 0 Å². The molecule has 316 valence electrons. The summed E-state index contributed by atoms with van der Waals surface area (Å²) >= 11 is 0. The van der Waals surface area contributed by atoms with Crippen LogP contribution in [-0.2, 0) is 10.8 Å². The molecule has 0 unspecified atom stereocenters. The van der Waals surface area contributed by atoms with Gasteiger partial charge in [-0.25, -0.2) is 19.9 Å².